The van der Waals surface area contributed by atoms with Gasteiger partial charge < -0.3 is 5.32 Å². The van der Waals surface area contributed by atoms with Gasteiger partial charge in [-0.15, -0.1) is 5.10 Å². The minimum atomic E-state index is 0.891. The SMILES string of the molecule is c1ccc(-c2ccccc2CNCCCCCCCCn2cc(-c3cccnc3)nn2)cc1. The van der Waals surface area contributed by atoms with Crippen molar-refractivity contribution in [3.8, 4) is 22.4 Å². The zero-order valence-corrected chi connectivity index (χ0v) is 19.2. The summed E-state index contributed by atoms with van der Waals surface area (Å²) in [6.45, 7) is 2.92. The standard InChI is InChI=1S/C28H33N5/c1(2-4-11-20-33-23-28(31-32-33)26-16-12-19-30-22-26)3-10-18-29-21-25-15-8-9-17-27(25)24-13-6-5-7-14-24/h5-9,12-17,19,22-23,29H,1-4,10-11,18,20-21H2. The molecule has 0 radical (unpaired) electrons. The van der Waals surface area contributed by atoms with E-state index in [0.29, 0.717) is 0 Å². The fourth-order valence-corrected chi connectivity index (χ4v) is 4.08. The van der Waals surface area contributed by atoms with Gasteiger partial charge in [0.2, 0.25) is 0 Å². The molecule has 5 nitrogen and oxygen atoms in total. The molecule has 2 aromatic heterocycles. The van der Waals surface area contributed by atoms with Crippen LogP contribution in [0.15, 0.2) is 85.3 Å². The summed E-state index contributed by atoms with van der Waals surface area (Å²) >= 11 is 0. The van der Waals surface area contributed by atoms with E-state index in [1.807, 2.05) is 29.2 Å². The van der Waals surface area contributed by atoms with Gasteiger partial charge in [0.25, 0.3) is 0 Å². The minimum absolute atomic E-state index is 0.891. The van der Waals surface area contributed by atoms with E-state index in [1.54, 1.807) is 6.20 Å². The van der Waals surface area contributed by atoms with Crippen molar-refractivity contribution in [3.63, 3.8) is 0 Å². The lowest BCUT2D eigenvalue weighted by molar-refractivity contribution is 0.509. The van der Waals surface area contributed by atoms with Crippen LogP contribution in [0.4, 0.5) is 0 Å². The Balaban J connectivity index is 1.06. The molecular formula is C28H33N5. The number of aromatic nitrogens is 4. The lowest BCUT2D eigenvalue weighted by atomic mass is 10.00. The third-order valence-electron chi connectivity index (χ3n) is 5.90. The summed E-state index contributed by atoms with van der Waals surface area (Å²) in [5.41, 5.74) is 5.88. The summed E-state index contributed by atoms with van der Waals surface area (Å²) in [6.07, 6.45) is 13.1. The summed E-state index contributed by atoms with van der Waals surface area (Å²) in [6, 6.07) is 23.3. The van der Waals surface area contributed by atoms with Gasteiger partial charge in [0, 0.05) is 31.0 Å². The highest BCUT2D eigenvalue weighted by Gasteiger charge is 2.04. The van der Waals surface area contributed by atoms with E-state index in [0.717, 1.165) is 37.3 Å². The number of unbranched alkanes of at least 4 members (excludes halogenated alkanes) is 5. The van der Waals surface area contributed by atoms with Crippen molar-refractivity contribution < 1.29 is 0 Å². The molecular weight excluding hydrogens is 406 g/mol. The monoisotopic (exact) mass is 439 g/mol. The van der Waals surface area contributed by atoms with Gasteiger partial charge in [-0.1, -0.05) is 85.5 Å². The van der Waals surface area contributed by atoms with Gasteiger partial charge in [0.1, 0.15) is 5.69 Å². The van der Waals surface area contributed by atoms with Crippen LogP contribution >= 0.6 is 0 Å². The molecule has 33 heavy (non-hydrogen) atoms. The minimum Gasteiger partial charge on any atom is -0.313 e. The van der Waals surface area contributed by atoms with Crippen molar-refractivity contribution in [1.29, 1.82) is 0 Å². The maximum atomic E-state index is 4.25. The predicted octanol–water partition coefficient (Wildman–Crippen LogP) is 6.14. The Kier molecular flexibility index (Phi) is 8.77. The normalized spacial score (nSPS) is 11.0. The van der Waals surface area contributed by atoms with E-state index in [9.17, 15) is 0 Å². The number of pyridine rings is 1. The molecule has 0 fully saturated rings. The molecule has 0 unspecified atom stereocenters. The molecule has 1 N–H and O–H groups in total. The number of aryl methyl sites for hydroxylation is 1. The summed E-state index contributed by atoms with van der Waals surface area (Å²) in [5, 5.41) is 12.1. The Morgan fingerprint density at radius 3 is 2.33 bits per heavy atom. The fourth-order valence-electron chi connectivity index (χ4n) is 4.08. The summed E-state index contributed by atoms with van der Waals surface area (Å²) in [5.74, 6) is 0. The molecule has 0 aliphatic heterocycles. The molecule has 0 bridgehead atoms. The van der Waals surface area contributed by atoms with Gasteiger partial charge in [0.05, 0.1) is 6.20 Å². The lowest BCUT2D eigenvalue weighted by Gasteiger charge is -2.11. The van der Waals surface area contributed by atoms with Crippen molar-refractivity contribution in [2.75, 3.05) is 6.54 Å². The molecule has 170 valence electrons. The van der Waals surface area contributed by atoms with Crippen LogP contribution in [0.3, 0.4) is 0 Å². The van der Waals surface area contributed by atoms with Crippen LogP contribution in [-0.4, -0.2) is 26.5 Å². The van der Waals surface area contributed by atoms with Crippen LogP contribution < -0.4 is 5.32 Å². The van der Waals surface area contributed by atoms with Crippen molar-refractivity contribution in [2.45, 2.75) is 51.6 Å². The Hall–Kier alpha value is -3.31. The van der Waals surface area contributed by atoms with E-state index in [1.165, 1.54) is 48.8 Å². The van der Waals surface area contributed by atoms with E-state index in [4.69, 9.17) is 0 Å². The second-order valence-electron chi connectivity index (χ2n) is 8.43. The quantitative estimate of drug-likeness (QED) is 0.254. The first kappa shape index (κ1) is 22.9. The van der Waals surface area contributed by atoms with Crippen LogP contribution in [0.5, 0.6) is 0 Å². The third-order valence-corrected chi connectivity index (χ3v) is 5.90. The number of benzene rings is 2. The number of nitrogens with zero attached hydrogens (tertiary/aromatic N) is 4. The molecule has 0 atom stereocenters. The number of hydrogen-bond acceptors (Lipinski definition) is 4. The zero-order valence-electron chi connectivity index (χ0n) is 19.2. The summed E-state index contributed by atoms with van der Waals surface area (Å²) in [7, 11) is 0. The molecule has 5 heteroatoms. The first-order chi connectivity index (χ1) is 16.4. The molecule has 2 heterocycles. The second kappa shape index (κ2) is 12.7. The molecule has 0 amide bonds. The van der Waals surface area contributed by atoms with E-state index in [2.05, 4.69) is 75.2 Å². The highest BCUT2D eigenvalue weighted by Crippen LogP contribution is 2.23. The first-order valence-corrected chi connectivity index (χ1v) is 12.0. The zero-order chi connectivity index (χ0) is 22.6. The first-order valence-electron chi connectivity index (χ1n) is 12.0. The van der Waals surface area contributed by atoms with Crippen molar-refractivity contribution in [1.82, 2.24) is 25.3 Å². The third kappa shape index (κ3) is 7.09. The van der Waals surface area contributed by atoms with Crippen LogP contribution in [0, 0.1) is 0 Å². The molecule has 4 aromatic rings. The number of nitrogens with one attached hydrogen (secondary N) is 1. The van der Waals surface area contributed by atoms with Gasteiger partial charge in [-0.05, 0) is 48.2 Å². The molecule has 0 aliphatic rings. The van der Waals surface area contributed by atoms with Gasteiger partial charge in [-0.3, -0.25) is 9.67 Å². The average molecular weight is 440 g/mol. The average Bonchev–Trinajstić information content (AvgIpc) is 3.35. The molecule has 2 aromatic carbocycles. The maximum Gasteiger partial charge on any atom is 0.114 e. The van der Waals surface area contributed by atoms with Gasteiger partial charge in [-0.25, -0.2) is 0 Å². The molecule has 4 rings (SSSR count). The van der Waals surface area contributed by atoms with Gasteiger partial charge >= 0.3 is 0 Å². The molecule has 0 saturated carbocycles. The topological polar surface area (TPSA) is 55.6 Å². The smallest absolute Gasteiger partial charge is 0.114 e. The predicted molar refractivity (Wildman–Crippen MR) is 135 cm³/mol. The van der Waals surface area contributed by atoms with E-state index >= 15 is 0 Å². The fraction of sp³-hybridized carbons (Fsp3) is 0.321. The van der Waals surface area contributed by atoms with Crippen LogP contribution in [-0.2, 0) is 13.1 Å². The van der Waals surface area contributed by atoms with E-state index < -0.39 is 0 Å². The largest absolute Gasteiger partial charge is 0.313 e. The molecule has 0 saturated heterocycles. The second-order valence-corrected chi connectivity index (χ2v) is 8.43. The van der Waals surface area contributed by atoms with Crippen LogP contribution in [0.2, 0.25) is 0 Å². The highest BCUT2D eigenvalue weighted by atomic mass is 15.4. The van der Waals surface area contributed by atoms with E-state index in [-0.39, 0.29) is 0 Å². The van der Waals surface area contributed by atoms with Crippen molar-refractivity contribution in [2.24, 2.45) is 0 Å². The van der Waals surface area contributed by atoms with Gasteiger partial charge in [0.15, 0.2) is 0 Å². The Bertz CT molecular complexity index is 1080. The number of hydrogen-bond donors (Lipinski definition) is 1. The summed E-state index contributed by atoms with van der Waals surface area (Å²) in [4.78, 5) is 4.14. The molecule has 0 aliphatic carbocycles. The van der Waals surface area contributed by atoms with Crippen LogP contribution in [0.1, 0.15) is 44.1 Å². The van der Waals surface area contributed by atoms with Crippen molar-refractivity contribution in [3.05, 3.63) is 90.9 Å². The Morgan fingerprint density at radius 2 is 1.48 bits per heavy atom. The van der Waals surface area contributed by atoms with Gasteiger partial charge in [-0.2, -0.15) is 0 Å². The Labute approximate surface area is 196 Å². The highest BCUT2D eigenvalue weighted by molar-refractivity contribution is 5.67. The maximum absolute atomic E-state index is 4.25. The number of rotatable bonds is 13. The Morgan fingerprint density at radius 1 is 0.727 bits per heavy atom. The lowest BCUT2D eigenvalue weighted by Crippen LogP contribution is -2.15. The van der Waals surface area contributed by atoms with Crippen molar-refractivity contribution >= 4 is 0 Å². The van der Waals surface area contributed by atoms with Crippen LogP contribution in [0.25, 0.3) is 22.4 Å². The molecule has 0 spiro atoms. The summed E-state index contributed by atoms with van der Waals surface area (Å²) < 4.78 is 1.94.